The summed E-state index contributed by atoms with van der Waals surface area (Å²) in [6.07, 6.45) is 2.01. The van der Waals surface area contributed by atoms with E-state index in [-0.39, 0.29) is 17.4 Å². The second-order valence-electron chi connectivity index (χ2n) is 4.63. The van der Waals surface area contributed by atoms with E-state index in [2.05, 4.69) is 10.2 Å². The van der Waals surface area contributed by atoms with Crippen LogP contribution in [0.25, 0.3) is 0 Å². The molecule has 2 aromatic rings. The summed E-state index contributed by atoms with van der Waals surface area (Å²) in [4.78, 5) is 21.9. The molecule has 1 aliphatic carbocycles. The van der Waals surface area contributed by atoms with Gasteiger partial charge in [0.15, 0.2) is 5.16 Å². The highest BCUT2D eigenvalue weighted by Gasteiger charge is 2.28. The van der Waals surface area contributed by atoms with Gasteiger partial charge in [0.25, 0.3) is 5.69 Å². The highest BCUT2D eigenvalue weighted by atomic mass is 32.2. The monoisotopic (exact) mass is 292 g/mol. The van der Waals surface area contributed by atoms with Crippen LogP contribution in [-0.2, 0) is 5.75 Å². The molecule has 8 heteroatoms. The lowest BCUT2D eigenvalue weighted by Gasteiger charge is -2.03. The van der Waals surface area contributed by atoms with Gasteiger partial charge in [-0.2, -0.15) is 0 Å². The molecule has 0 bridgehead atoms. The highest BCUT2D eigenvalue weighted by molar-refractivity contribution is 7.98. The van der Waals surface area contributed by atoms with Crippen LogP contribution >= 0.6 is 11.8 Å². The summed E-state index contributed by atoms with van der Waals surface area (Å²) in [5.41, 5.74) is 0.723. The number of nitro benzene ring substituents is 1. The number of aromatic amines is 1. The Morgan fingerprint density at radius 3 is 3.00 bits per heavy atom. The first-order valence-electron chi connectivity index (χ1n) is 6.18. The van der Waals surface area contributed by atoms with Gasteiger partial charge in [-0.05, 0) is 18.4 Å². The molecule has 1 saturated carbocycles. The Labute approximate surface area is 118 Å². The molecule has 7 nitrogen and oxygen atoms in total. The molecule has 0 amide bonds. The lowest BCUT2D eigenvalue weighted by Crippen LogP contribution is -2.16. The van der Waals surface area contributed by atoms with Gasteiger partial charge in [-0.1, -0.05) is 23.9 Å². The van der Waals surface area contributed by atoms with Gasteiger partial charge in [0, 0.05) is 23.9 Å². The zero-order valence-corrected chi connectivity index (χ0v) is 11.3. The third-order valence-electron chi connectivity index (χ3n) is 3.07. The molecule has 1 aliphatic rings. The van der Waals surface area contributed by atoms with E-state index in [9.17, 15) is 14.9 Å². The van der Waals surface area contributed by atoms with Crippen LogP contribution in [0.1, 0.15) is 24.4 Å². The number of hydrogen-bond acceptors (Lipinski definition) is 5. The molecule has 1 N–H and O–H groups in total. The van der Waals surface area contributed by atoms with Crippen molar-refractivity contribution in [3.05, 3.63) is 50.4 Å². The van der Waals surface area contributed by atoms with Crippen LogP contribution in [0.2, 0.25) is 0 Å². The van der Waals surface area contributed by atoms with Gasteiger partial charge in [-0.15, -0.1) is 5.10 Å². The fourth-order valence-corrected chi connectivity index (χ4v) is 2.91. The molecule has 0 saturated heterocycles. The number of nitrogens with zero attached hydrogens (tertiary/aromatic N) is 3. The fraction of sp³-hybridized carbons (Fsp3) is 0.333. The van der Waals surface area contributed by atoms with Crippen LogP contribution in [0, 0.1) is 10.1 Å². The van der Waals surface area contributed by atoms with Crippen molar-refractivity contribution >= 4 is 17.4 Å². The lowest BCUT2D eigenvalue weighted by molar-refractivity contribution is -0.384. The number of aromatic nitrogens is 3. The number of non-ortho nitro benzene ring substituents is 1. The second-order valence-corrected chi connectivity index (χ2v) is 5.57. The first-order chi connectivity index (χ1) is 9.65. The topological polar surface area (TPSA) is 93.8 Å². The van der Waals surface area contributed by atoms with Gasteiger partial charge in [0.05, 0.1) is 4.92 Å². The molecule has 20 heavy (non-hydrogen) atoms. The van der Waals surface area contributed by atoms with Crippen molar-refractivity contribution in [2.24, 2.45) is 0 Å². The maximum atomic E-state index is 11.6. The number of nitro groups is 1. The molecule has 1 aromatic heterocycles. The predicted molar refractivity (Wildman–Crippen MR) is 73.8 cm³/mol. The first kappa shape index (κ1) is 12.9. The molecule has 0 spiro atoms. The normalized spacial score (nSPS) is 14.4. The van der Waals surface area contributed by atoms with E-state index in [1.54, 1.807) is 16.7 Å². The van der Waals surface area contributed by atoms with Gasteiger partial charge in [0.2, 0.25) is 0 Å². The summed E-state index contributed by atoms with van der Waals surface area (Å²) in [5, 5.41) is 17.8. The smallest absolute Gasteiger partial charge is 0.267 e. The van der Waals surface area contributed by atoms with Crippen molar-refractivity contribution in [1.82, 2.24) is 14.8 Å². The molecule has 0 aliphatic heterocycles. The van der Waals surface area contributed by atoms with Crippen molar-refractivity contribution in [1.29, 1.82) is 0 Å². The standard InChI is InChI=1S/C12H12N4O3S/c17-11-13-14-12(15(11)9-4-5-9)20-7-8-2-1-3-10(6-8)16(18)19/h1-3,6,9H,4-5,7H2,(H,13,17). The van der Waals surface area contributed by atoms with E-state index >= 15 is 0 Å². The molecule has 3 rings (SSSR count). The minimum atomic E-state index is -0.414. The van der Waals surface area contributed by atoms with Crippen molar-refractivity contribution in [3.63, 3.8) is 0 Å². The number of thioether (sulfide) groups is 1. The Bertz CT molecular complexity index is 705. The largest absolute Gasteiger partial charge is 0.344 e. The minimum absolute atomic E-state index is 0.0738. The molecular formula is C12H12N4O3S. The van der Waals surface area contributed by atoms with E-state index in [0.717, 1.165) is 18.4 Å². The second kappa shape index (κ2) is 5.12. The maximum absolute atomic E-state index is 11.6. The van der Waals surface area contributed by atoms with E-state index in [1.165, 1.54) is 17.8 Å². The Morgan fingerprint density at radius 1 is 1.50 bits per heavy atom. The molecule has 104 valence electrons. The molecule has 0 radical (unpaired) electrons. The number of benzene rings is 1. The average molecular weight is 292 g/mol. The molecular weight excluding hydrogens is 280 g/mol. The van der Waals surface area contributed by atoms with E-state index in [0.29, 0.717) is 10.9 Å². The summed E-state index contributed by atoms with van der Waals surface area (Å²) in [5.74, 6) is 0.540. The Balaban J connectivity index is 1.75. The van der Waals surface area contributed by atoms with Crippen LogP contribution in [0.3, 0.4) is 0 Å². The number of nitrogens with one attached hydrogen (secondary N) is 1. The number of hydrogen-bond donors (Lipinski definition) is 1. The lowest BCUT2D eigenvalue weighted by atomic mass is 10.2. The Kier molecular flexibility index (Phi) is 3.31. The third kappa shape index (κ3) is 2.60. The minimum Gasteiger partial charge on any atom is -0.267 e. The SMILES string of the molecule is O=c1[nH]nc(SCc2cccc([N+](=O)[O-])c2)n1C1CC1. The summed E-state index contributed by atoms with van der Waals surface area (Å²) < 4.78 is 1.67. The van der Waals surface area contributed by atoms with Crippen LogP contribution in [-0.4, -0.2) is 19.7 Å². The van der Waals surface area contributed by atoms with Gasteiger partial charge < -0.3 is 0 Å². The van der Waals surface area contributed by atoms with Gasteiger partial charge in [0.1, 0.15) is 0 Å². The Hall–Kier alpha value is -2.09. The van der Waals surface area contributed by atoms with Gasteiger partial charge >= 0.3 is 5.69 Å². The van der Waals surface area contributed by atoms with Crippen LogP contribution in [0.15, 0.2) is 34.2 Å². The van der Waals surface area contributed by atoms with E-state index in [4.69, 9.17) is 0 Å². The molecule has 1 aromatic carbocycles. The number of H-pyrrole nitrogens is 1. The van der Waals surface area contributed by atoms with E-state index < -0.39 is 4.92 Å². The summed E-state index contributed by atoms with van der Waals surface area (Å²) in [6, 6.07) is 6.75. The quantitative estimate of drug-likeness (QED) is 0.517. The van der Waals surface area contributed by atoms with Crippen LogP contribution in [0.4, 0.5) is 5.69 Å². The zero-order chi connectivity index (χ0) is 14.1. The van der Waals surface area contributed by atoms with Crippen LogP contribution < -0.4 is 5.69 Å². The summed E-state index contributed by atoms with van der Waals surface area (Å²) >= 11 is 1.41. The highest BCUT2D eigenvalue weighted by Crippen LogP contribution is 2.36. The third-order valence-corrected chi connectivity index (χ3v) is 4.10. The molecule has 1 fully saturated rings. The van der Waals surface area contributed by atoms with Crippen LogP contribution in [0.5, 0.6) is 0 Å². The molecule has 0 unspecified atom stereocenters. The average Bonchev–Trinajstić information content (AvgIpc) is 3.20. The van der Waals surface area contributed by atoms with Crippen molar-refractivity contribution in [3.8, 4) is 0 Å². The summed E-state index contributed by atoms with van der Waals surface area (Å²) in [7, 11) is 0. The predicted octanol–water partition coefficient (Wildman–Crippen LogP) is 2.11. The van der Waals surface area contributed by atoms with Gasteiger partial charge in [-0.3, -0.25) is 14.7 Å². The number of rotatable bonds is 5. The van der Waals surface area contributed by atoms with Crippen molar-refractivity contribution in [2.45, 2.75) is 29.8 Å². The maximum Gasteiger partial charge on any atom is 0.344 e. The fourth-order valence-electron chi connectivity index (χ4n) is 1.95. The Morgan fingerprint density at radius 2 is 2.30 bits per heavy atom. The van der Waals surface area contributed by atoms with E-state index in [1.807, 2.05) is 6.07 Å². The zero-order valence-electron chi connectivity index (χ0n) is 10.5. The van der Waals surface area contributed by atoms with Gasteiger partial charge in [-0.25, -0.2) is 9.89 Å². The summed E-state index contributed by atoms with van der Waals surface area (Å²) in [6.45, 7) is 0. The first-order valence-corrected chi connectivity index (χ1v) is 7.17. The molecule has 1 heterocycles. The molecule has 0 atom stereocenters. The van der Waals surface area contributed by atoms with Crippen molar-refractivity contribution < 1.29 is 4.92 Å². The van der Waals surface area contributed by atoms with Crippen molar-refractivity contribution in [2.75, 3.05) is 0 Å².